The van der Waals surface area contributed by atoms with Gasteiger partial charge in [-0.05, 0) is 94.8 Å². The number of aryl methyl sites for hydroxylation is 1. The van der Waals surface area contributed by atoms with E-state index in [1.54, 1.807) is 6.20 Å². The van der Waals surface area contributed by atoms with Gasteiger partial charge in [-0.3, -0.25) is 29.2 Å². The summed E-state index contributed by atoms with van der Waals surface area (Å²) in [5, 5.41) is 20.8. The number of nitrogens with one attached hydrogen (secondary N) is 5. The number of anilines is 1. The van der Waals surface area contributed by atoms with E-state index in [0.717, 1.165) is 92.1 Å². The summed E-state index contributed by atoms with van der Waals surface area (Å²) in [7, 11) is 1.98. The lowest BCUT2D eigenvalue weighted by atomic mass is 9.91. The number of rotatable bonds is 17. The van der Waals surface area contributed by atoms with Crippen LogP contribution in [0.25, 0.3) is 11.3 Å². The van der Waals surface area contributed by atoms with Crippen molar-refractivity contribution in [2.45, 2.75) is 108 Å². The van der Waals surface area contributed by atoms with Crippen molar-refractivity contribution in [3.05, 3.63) is 44.5 Å². The number of aromatic nitrogens is 4. The molecule has 3 aromatic rings. The number of nitrogens with zero attached hydrogens (tertiary/aromatic N) is 5. The first-order valence-corrected chi connectivity index (χ1v) is 20.2. The lowest BCUT2D eigenvalue weighted by Crippen LogP contribution is -2.52. The van der Waals surface area contributed by atoms with Crippen LogP contribution in [-0.4, -0.2) is 86.0 Å². The predicted molar refractivity (Wildman–Crippen MR) is 202 cm³/mol. The molecule has 2 aliphatic heterocycles. The van der Waals surface area contributed by atoms with Gasteiger partial charge in [0.15, 0.2) is 0 Å². The Morgan fingerprint density at radius 1 is 1.02 bits per heavy atom. The Balaban J connectivity index is 0.726. The molecule has 1 atom stereocenters. The fraction of sp³-hybridized carbons (Fsp3) is 0.595. The minimum Gasteiger partial charge on any atom is -0.351 e. The summed E-state index contributed by atoms with van der Waals surface area (Å²) in [5.74, 6) is 0.375. The van der Waals surface area contributed by atoms with Crippen molar-refractivity contribution in [1.82, 2.24) is 45.9 Å². The van der Waals surface area contributed by atoms with Gasteiger partial charge in [0, 0.05) is 48.2 Å². The number of carbonyl (C=O) groups excluding carboxylic acids is 4. The van der Waals surface area contributed by atoms with Gasteiger partial charge in [0.2, 0.25) is 23.7 Å². The fourth-order valence-electron chi connectivity index (χ4n) is 7.54. The zero-order chi connectivity index (χ0) is 36.9. The summed E-state index contributed by atoms with van der Waals surface area (Å²) in [4.78, 5) is 61.4. The van der Waals surface area contributed by atoms with E-state index in [4.69, 9.17) is 16.6 Å². The van der Waals surface area contributed by atoms with Crippen LogP contribution in [0.2, 0.25) is 5.02 Å². The molecule has 7 rings (SSSR count). The van der Waals surface area contributed by atoms with Crippen LogP contribution >= 0.6 is 22.9 Å². The normalized spacial score (nSPS) is 21.5. The minimum atomic E-state index is -0.616. The van der Waals surface area contributed by atoms with Gasteiger partial charge in [-0.2, -0.15) is 5.10 Å². The van der Waals surface area contributed by atoms with Crippen LogP contribution in [0.5, 0.6) is 0 Å². The number of fused-ring (bicyclic) bond motifs is 1. The van der Waals surface area contributed by atoms with E-state index >= 15 is 0 Å². The van der Waals surface area contributed by atoms with Crippen molar-refractivity contribution in [3.63, 3.8) is 0 Å². The van der Waals surface area contributed by atoms with Gasteiger partial charge in [0.1, 0.15) is 6.04 Å². The van der Waals surface area contributed by atoms with E-state index in [-0.39, 0.29) is 30.7 Å². The first-order valence-electron chi connectivity index (χ1n) is 19.0. The van der Waals surface area contributed by atoms with Crippen molar-refractivity contribution in [3.8, 4) is 11.3 Å². The molecule has 0 bridgehead atoms. The third-order valence-electron chi connectivity index (χ3n) is 10.8. The molecule has 2 aliphatic carbocycles. The second-order valence-electron chi connectivity index (χ2n) is 14.8. The number of thiophene rings is 1. The minimum absolute atomic E-state index is 0.0867. The first kappa shape index (κ1) is 37.4. The van der Waals surface area contributed by atoms with Crippen LogP contribution in [-0.2, 0) is 40.9 Å². The molecule has 3 aromatic heterocycles. The van der Waals surface area contributed by atoms with Crippen molar-refractivity contribution < 1.29 is 19.2 Å². The molecule has 0 radical (unpaired) electrons. The summed E-state index contributed by atoms with van der Waals surface area (Å²) in [6, 6.07) is 2.16. The lowest BCUT2D eigenvalue weighted by molar-refractivity contribution is -0.137. The lowest BCUT2D eigenvalue weighted by Gasteiger charge is -2.30. The quantitative estimate of drug-likeness (QED) is 0.101. The number of halogens is 1. The van der Waals surface area contributed by atoms with Crippen molar-refractivity contribution in [1.29, 1.82) is 0 Å². The molecule has 4 aliphatic rings. The Morgan fingerprint density at radius 2 is 1.81 bits per heavy atom. The predicted octanol–water partition coefficient (Wildman–Crippen LogP) is 3.69. The zero-order valence-corrected chi connectivity index (χ0v) is 31.8. The van der Waals surface area contributed by atoms with Crippen LogP contribution in [0.1, 0.15) is 96.4 Å². The highest BCUT2D eigenvalue weighted by atomic mass is 35.5. The standard InChI is InChI=1S/C37H49ClN10O4S/c1-47-30(15-22-5-6-22)27(18-43-47)33-28(38)19-42-37(46-33)44-25-9-7-24(8-10-25)40-14-4-2-3-13-39-20-32(50)41-17-26-16-23-21-48(36(52)34(23)53-26)29-11-12-31(49)45-35(29)51/h16,18-19,22,24-25,29,39-40H,2-15,17,20-21H2,1H3,(H,41,50)(H,42,44,46)(H,45,49,51)/t24-,25-,29?. The Morgan fingerprint density at radius 3 is 2.58 bits per heavy atom. The molecule has 5 heterocycles. The van der Waals surface area contributed by atoms with Crippen LogP contribution in [0.4, 0.5) is 5.95 Å². The van der Waals surface area contributed by atoms with Gasteiger partial charge in [-0.25, -0.2) is 9.97 Å². The van der Waals surface area contributed by atoms with Gasteiger partial charge in [-0.15, -0.1) is 11.3 Å². The van der Waals surface area contributed by atoms with Gasteiger partial charge in [0.25, 0.3) is 5.91 Å². The second kappa shape index (κ2) is 17.0. The molecule has 14 nitrogen and oxygen atoms in total. The maximum absolute atomic E-state index is 12.9. The fourth-order valence-corrected chi connectivity index (χ4v) is 8.80. The third-order valence-corrected chi connectivity index (χ3v) is 12.2. The number of hydrogen-bond donors (Lipinski definition) is 5. The number of imide groups is 1. The smallest absolute Gasteiger partial charge is 0.265 e. The van der Waals surface area contributed by atoms with Gasteiger partial charge in [-0.1, -0.05) is 18.0 Å². The molecule has 3 fully saturated rings. The third kappa shape index (κ3) is 9.42. The number of hydrogen-bond acceptors (Lipinski definition) is 11. The molecular weight excluding hydrogens is 716 g/mol. The van der Waals surface area contributed by atoms with E-state index in [1.807, 2.05) is 24.0 Å². The molecule has 0 aromatic carbocycles. The van der Waals surface area contributed by atoms with Gasteiger partial charge >= 0.3 is 0 Å². The molecule has 1 unspecified atom stereocenters. The Hall–Kier alpha value is -3.92. The largest absolute Gasteiger partial charge is 0.351 e. The maximum atomic E-state index is 12.9. The Labute approximate surface area is 318 Å². The first-order chi connectivity index (χ1) is 25.7. The van der Waals surface area contributed by atoms with Crippen LogP contribution in [0, 0.1) is 5.92 Å². The highest BCUT2D eigenvalue weighted by Gasteiger charge is 2.40. The SMILES string of the molecule is Cn1ncc(-c2nc(N[C@H]3CC[C@H](NCCCCCNCC(=O)NCc4cc5c(s4)C(=O)N(C4CCC(=O)NC4=O)C5)CC3)ncc2Cl)c1CC1CC1. The molecule has 4 amide bonds. The van der Waals surface area contributed by atoms with E-state index in [2.05, 4.69) is 36.7 Å². The number of amides is 4. The monoisotopic (exact) mass is 764 g/mol. The number of carbonyl (C=O) groups is 4. The van der Waals surface area contributed by atoms with Crippen molar-refractivity contribution in [2.75, 3.05) is 25.0 Å². The molecule has 284 valence electrons. The topological polar surface area (TPSA) is 175 Å². The number of piperidine rings is 1. The van der Waals surface area contributed by atoms with Crippen molar-refractivity contribution in [2.24, 2.45) is 13.0 Å². The van der Waals surface area contributed by atoms with E-state index in [9.17, 15) is 19.2 Å². The summed E-state index contributed by atoms with van der Waals surface area (Å²) in [6.07, 6.45) is 15.2. The summed E-state index contributed by atoms with van der Waals surface area (Å²) in [5.41, 5.74) is 3.80. The molecule has 16 heteroatoms. The molecule has 5 N–H and O–H groups in total. The van der Waals surface area contributed by atoms with Crippen LogP contribution < -0.4 is 26.6 Å². The molecule has 53 heavy (non-hydrogen) atoms. The second-order valence-corrected chi connectivity index (χ2v) is 16.3. The van der Waals surface area contributed by atoms with E-state index in [1.165, 1.54) is 34.8 Å². The molecule has 0 spiro atoms. The van der Waals surface area contributed by atoms with Gasteiger partial charge < -0.3 is 26.2 Å². The van der Waals surface area contributed by atoms with Crippen LogP contribution in [0.3, 0.4) is 0 Å². The van der Waals surface area contributed by atoms with E-state index in [0.29, 0.717) is 47.4 Å². The number of unbranched alkanes of at least 4 members (excludes halogenated alkanes) is 2. The Kier molecular flexibility index (Phi) is 12.0. The summed E-state index contributed by atoms with van der Waals surface area (Å²) < 4.78 is 1.95. The average molecular weight is 765 g/mol. The maximum Gasteiger partial charge on any atom is 0.265 e. The Bertz CT molecular complexity index is 1820. The highest BCUT2D eigenvalue weighted by Crippen LogP contribution is 2.37. The highest BCUT2D eigenvalue weighted by molar-refractivity contribution is 7.14. The van der Waals surface area contributed by atoms with Gasteiger partial charge in [0.05, 0.1) is 41.1 Å². The average Bonchev–Trinajstić information content (AvgIpc) is 3.66. The summed E-state index contributed by atoms with van der Waals surface area (Å²) >= 11 is 7.91. The van der Waals surface area contributed by atoms with Crippen molar-refractivity contribution >= 4 is 52.5 Å². The molecular formula is C37H49ClN10O4S. The molecule has 2 saturated carbocycles. The van der Waals surface area contributed by atoms with E-state index < -0.39 is 11.9 Å². The van der Waals surface area contributed by atoms with Crippen LogP contribution in [0.15, 0.2) is 18.5 Å². The molecule has 1 saturated heterocycles. The summed E-state index contributed by atoms with van der Waals surface area (Å²) in [6.45, 7) is 2.71. The zero-order valence-electron chi connectivity index (χ0n) is 30.2.